The predicted octanol–water partition coefficient (Wildman–Crippen LogP) is 4.37. The van der Waals surface area contributed by atoms with E-state index in [1.54, 1.807) is 104 Å². The average molecular weight is 1330 g/mol. The monoisotopic (exact) mass is 1330 g/mol. The summed E-state index contributed by atoms with van der Waals surface area (Å²) in [7, 11) is 6.04. The average Bonchev–Trinajstić information content (AvgIpc) is 1.80. The number of carbonyl (C=O) groups excluding carboxylic acids is 12. The van der Waals surface area contributed by atoms with Crippen LogP contribution >= 0.6 is 0 Å². The molecular weight excluding hydrogens is 1230 g/mol. The fourth-order valence-corrected chi connectivity index (χ4v) is 11.9. The number of urea groups is 1. The first-order valence-corrected chi connectivity index (χ1v) is 32.8. The van der Waals surface area contributed by atoms with Crippen LogP contribution in [0.2, 0.25) is 0 Å². The number of ether oxygens (including phenoxy) is 3. The molecule has 2 aromatic rings. The first kappa shape index (κ1) is 79.2. The second-order valence-electron chi connectivity index (χ2n) is 25.7. The molecule has 11 unspecified atom stereocenters. The molecule has 2 fully saturated rings. The summed E-state index contributed by atoms with van der Waals surface area (Å²) >= 11 is 0. The normalized spacial score (nSPS) is 17.4. The van der Waals surface area contributed by atoms with Gasteiger partial charge in [-0.05, 0) is 86.0 Å². The molecule has 2 heterocycles. The van der Waals surface area contributed by atoms with Crippen molar-refractivity contribution in [2.45, 2.75) is 207 Å². The van der Waals surface area contributed by atoms with Crippen LogP contribution in [0.4, 0.5) is 15.3 Å². The molecule has 0 radical (unpaired) electrons. The van der Waals surface area contributed by atoms with Gasteiger partial charge in [0.05, 0.1) is 48.8 Å². The van der Waals surface area contributed by atoms with Gasteiger partial charge < -0.3 is 71.6 Å². The van der Waals surface area contributed by atoms with Crippen LogP contribution in [0.15, 0.2) is 54.6 Å². The number of primary amides is 1. The zero-order chi connectivity index (χ0) is 71.0. The number of nitrogens with zero attached hydrogens (tertiary/aromatic N) is 4. The van der Waals surface area contributed by atoms with E-state index in [-0.39, 0.29) is 82.3 Å². The van der Waals surface area contributed by atoms with Crippen molar-refractivity contribution in [2.24, 2.45) is 35.3 Å². The molecule has 12 atom stereocenters. The summed E-state index contributed by atoms with van der Waals surface area (Å²) in [5.41, 5.74) is 6.69. The van der Waals surface area contributed by atoms with Crippen molar-refractivity contribution >= 4 is 76.9 Å². The van der Waals surface area contributed by atoms with Gasteiger partial charge in [0.15, 0.2) is 0 Å². The number of anilines is 1. The maximum Gasteiger partial charge on any atom is 0.410 e. The van der Waals surface area contributed by atoms with Gasteiger partial charge in [0.25, 0.3) is 11.8 Å². The molecule has 0 aliphatic carbocycles. The smallest absolute Gasteiger partial charge is 0.410 e. The summed E-state index contributed by atoms with van der Waals surface area (Å²) in [5, 5.41) is 27.8. The number of likely N-dealkylation sites (tertiary alicyclic amines) is 1. The molecule has 2 aromatic carbocycles. The minimum Gasteiger partial charge on any atom is -0.445 e. The number of hydrogen-bond donors (Lipinski definition) is 8. The standard InChI is InChI=1S/C67H103N11O17/c1-15-41(8)58(49(92-13)36-53(82)77-35-21-25-48(77)60(93-14)42(9)61(85)70-43(10)59(84)45-22-17-16-18-23-45)75(11)65(89)56(39(4)5)74-64(88)57(40(6)7)76(12)67(91)94-37-44-28-30-46(31-29-44)71-62(86)47(24-20-34-69-66(68)90)72-63(87)55(38(2)3)73-50(79)26-19-27-54(83)95-78-51(80)32-33-52(78)81/h16-18,22-23,28-31,38-43,47-49,55-60,84H,15,19-21,24-27,32-37H2,1-14H3,(H,70,85)(H,71,86)(H,72,87)(H,73,79)(H,74,88)(H3,68,69,90)/t41?,42?,43?,47?,48-,49?,55?,56?,57?,58?,59?,60?/m0/s1. The van der Waals surface area contributed by atoms with Gasteiger partial charge in [0.2, 0.25) is 41.4 Å². The summed E-state index contributed by atoms with van der Waals surface area (Å²) in [6.07, 6.45) is -1.90. The Morgan fingerprint density at radius 3 is 1.92 bits per heavy atom. The largest absolute Gasteiger partial charge is 0.445 e. The number of nitrogens with two attached hydrogens (primary N) is 1. The molecule has 2 saturated heterocycles. The third-order valence-corrected chi connectivity index (χ3v) is 17.5. The van der Waals surface area contributed by atoms with Gasteiger partial charge in [0, 0.05) is 72.8 Å². The first-order valence-electron chi connectivity index (χ1n) is 32.8. The second-order valence-corrected chi connectivity index (χ2v) is 25.7. The third kappa shape index (κ3) is 23.3. The van der Waals surface area contributed by atoms with E-state index >= 15 is 0 Å². The summed E-state index contributed by atoms with van der Waals surface area (Å²) in [5.74, 6) is -7.93. The Bertz CT molecular complexity index is 2920. The molecule has 2 aliphatic heterocycles. The molecule has 0 saturated carbocycles. The summed E-state index contributed by atoms with van der Waals surface area (Å²) in [4.78, 5) is 168. The highest BCUT2D eigenvalue weighted by Crippen LogP contribution is 2.31. The summed E-state index contributed by atoms with van der Waals surface area (Å²) < 4.78 is 17.7. The number of rotatable bonds is 37. The number of imide groups is 1. The Labute approximate surface area is 557 Å². The minimum absolute atomic E-state index is 0.0225. The number of hydroxylamine groups is 2. The van der Waals surface area contributed by atoms with Crippen molar-refractivity contribution < 1.29 is 81.7 Å². The van der Waals surface area contributed by atoms with Crippen LogP contribution in [0.3, 0.4) is 0 Å². The Morgan fingerprint density at radius 1 is 0.716 bits per heavy atom. The van der Waals surface area contributed by atoms with E-state index in [9.17, 15) is 62.6 Å². The number of aliphatic hydroxyl groups is 1. The first-order chi connectivity index (χ1) is 44.9. The fourth-order valence-electron chi connectivity index (χ4n) is 11.9. The van der Waals surface area contributed by atoms with Gasteiger partial charge in [-0.15, -0.1) is 5.06 Å². The maximum absolute atomic E-state index is 14.8. The van der Waals surface area contributed by atoms with Crippen molar-refractivity contribution in [1.29, 1.82) is 0 Å². The topological polar surface area (TPSA) is 373 Å². The van der Waals surface area contributed by atoms with Crippen LogP contribution in [-0.2, 0) is 73.6 Å². The van der Waals surface area contributed by atoms with Gasteiger partial charge >= 0.3 is 18.1 Å². The highest BCUT2D eigenvalue weighted by molar-refractivity contribution is 6.02. The fraction of sp³-hybridized carbons (Fsp3) is 0.642. The molecule has 28 heteroatoms. The van der Waals surface area contributed by atoms with Gasteiger partial charge in [-0.2, -0.15) is 0 Å². The van der Waals surface area contributed by atoms with E-state index < -0.39 is 144 Å². The van der Waals surface area contributed by atoms with Crippen LogP contribution in [0, 0.1) is 29.6 Å². The Morgan fingerprint density at radius 2 is 1.35 bits per heavy atom. The number of benzene rings is 2. The van der Waals surface area contributed by atoms with Crippen molar-refractivity contribution in [1.82, 2.24) is 46.3 Å². The zero-order valence-corrected chi connectivity index (χ0v) is 57.6. The summed E-state index contributed by atoms with van der Waals surface area (Å²) in [6, 6.07) is 8.36. The number of nitrogens with one attached hydrogen (secondary N) is 6. The number of amides is 12. The molecule has 4 rings (SSSR count). The molecule has 0 bridgehead atoms. The van der Waals surface area contributed by atoms with E-state index in [4.69, 9.17) is 24.8 Å². The molecule has 0 aromatic heterocycles. The van der Waals surface area contributed by atoms with Gasteiger partial charge in [-0.1, -0.05) is 111 Å². The van der Waals surface area contributed by atoms with Crippen molar-refractivity contribution in [3.05, 3.63) is 65.7 Å². The highest BCUT2D eigenvalue weighted by atomic mass is 16.7. The number of aliphatic hydroxyl groups excluding tert-OH is 1. The SMILES string of the molecule is CCC(C)C(C(CC(=O)N1CCC[C@H]1C(OC)C(C)C(=O)NC(C)C(O)c1ccccc1)OC)N(C)C(=O)C(NC(=O)C(C(C)C)N(C)C(=O)OCc1ccc(NC(=O)C(CCCNC(N)=O)NC(=O)C(NC(=O)CCCC(=O)ON2C(=O)CCC2=O)C(C)C)cc1)C(C)C. The molecule has 12 amide bonds. The number of carbonyl (C=O) groups is 12. The quantitative estimate of drug-likeness (QED) is 0.0344. The lowest BCUT2D eigenvalue weighted by atomic mass is 9.89. The molecule has 95 heavy (non-hydrogen) atoms. The van der Waals surface area contributed by atoms with Crippen molar-refractivity contribution in [3.8, 4) is 0 Å². The van der Waals surface area contributed by atoms with Gasteiger partial charge in [-0.3, -0.25) is 48.1 Å². The molecule has 28 nitrogen and oxygen atoms in total. The van der Waals surface area contributed by atoms with Crippen LogP contribution in [0.1, 0.15) is 157 Å². The number of likely N-dealkylation sites (N-methyl/N-ethyl adjacent to an activating group) is 2. The third-order valence-electron chi connectivity index (χ3n) is 17.5. The second kappa shape index (κ2) is 38.3. The lowest BCUT2D eigenvalue weighted by molar-refractivity contribution is -0.197. The Balaban J connectivity index is 1.38. The lowest BCUT2D eigenvalue weighted by Crippen LogP contribution is -2.60. The molecular formula is C67H103N11O17. The van der Waals surface area contributed by atoms with Crippen LogP contribution in [0.5, 0.6) is 0 Å². The van der Waals surface area contributed by atoms with E-state index in [1.165, 1.54) is 26.2 Å². The van der Waals surface area contributed by atoms with Crippen molar-refractivity contribution in [3.63, 3.8) is 0 Å². The van der Waals surface area contributed by atoms with E-state index in [0.717, 1.165) is 4.90 Å². The molecule has 0 spiro atoms. The number of hydrogen-bond acceptors (Lipinski definition) is 17. The highest BCUT2D eigenvalue weighted by Gasteiger charge is 2.44. The van der Waals surface area contributed by atoms with E-state index in [0.29, 0.717) is 47.7 Å². The Hall–Kier alpha value is -8.24. The van der Waals surface area contributed by atoms with Crippen LogP contribution in [-0.4, -0.2) is 192 Å². The summed E-state index contributed by atoms with van der Waals surface area (Å²) in [6.45, 7) is 18.1. The molecule has 2 aliphatic rings. The zero-order valence-electron chi connectivity index (χ0n) is 57.6. The maximum atomic E-state index is 14.8. The Kier molecular flexibility index (Phi) is 32.0. The van der Waals surface area contributed by atoms with Crippen LogP contribution < -0.4 is 37.6 Å². The van der Waals surface area contributed by atoms with Gasteiger partial charge in [0.1, 0.15) is 30.8 Å². The van der Waals surface area contributed by atoms with Gasteiger partial charge in [-0.25, -0.2) is 14.4 Å². The van der Waals surface area contributed by atoms with E-state index in [1.807, 2.05) is 32.0 Å². The lowest BCUT2D eigenvalue weighted by Gasteiger charge is -2.41. The van der Waals surface area contributed by atoms with Crippen molar-refractivity contribution in [2.75, 3.05) is 46.7 Å². The molecule has 528 valence electrons. The van der Waals surface area contributed by atoms with Crippen LogP contribution in [0.25, 0.3) is 0 Å². The number of methoxy groups -OCH3 is 2. The predicted molar refractivity (Wildman–Crippen MR) is 350 cm³/mol. The molecule has 9 N–H and O–H groups in total. The van der Waals surface area contributed by atoms with E-state index in [2.05, 4.69) is 31.9 Å². The minimum atomic E-state index is -1.17.